The molecule has 0 aliphatic carbocycles. The number of hydrogen-bond donors (Lipinski definition) is 0. The second-order valence-corrected chi connectivity index (χ2v) is 5.23. The number of nitro benzene ring substituents is 1. The number of esters is 1. The van der Waals surface area contributed by atoms with Crippen LogP contribution < -0.4 is 9.47 Å². The van der Waals surface area contributed by atoms with Gasteiger partial charge in [-0.05, 0) is 23.8 Å². The van der Waals surface area contributed by atoms with Gasteiger partial charge in [0.2, 0.25) is 6.20 Å². The number of methoxy groups -OCH3 is 1. The van der Waals surface area contributed by atoms with Crippen molar-refractivity contribution in [3.63, 3.8) is 0 Å². The van der Waals surface area contributed by atoms with Gasteiger partial charge in [0.15, 0.2) is 11.5 Å². The van der Waals surface area contributed by atoms with E-state index in [1.165, 1.54) is 37.5 Å². The Morgan fingerprint density at radius 2 is 1.85 bits per heavy atom. The van der Waals surface area contributed by atoms with Crippen molar-refractivity contribution in [2.24, 2.45) is 0 Å². The van der Waals surface area contributed by atoms with E-state index >= 15 is 0 Å². The Morgan fingerprint density at radius 3 is 2.46 bits per heavy atom. The van der Waals surface area contributed by atoms with Gasteiger partial charge in [-0.15, -0.1) is 0 Å². The molecule has 0 saturated heterocycles. The summed E-state index contributed by atoms with van der Waals surface area (Å²) in [5.41, 5.74) is -0.0412. The highest BCUT2D eigenvalue weighted by Gasteiger charge is 2.19. The van der Waals surface area contributed by atoms with Crippen LogP contribution in [-0.4, -0.2) is 22.9 Å². The van der Waals surface area contributed by atoms with E-state index in [1.807, 2.05) is 0 Å². The van der Waals surface area contributed by atoms with Crippen LogP contribution in [0.4, 0.5) is 5.69 Å². The number of non-ortho nitro benzene ring substituents is 1. The molecule has 26 heavy (non-hydrogen) atoms. The molecule has 0 fully saturated rings. The molecule has 2 aromatic carbocycles. The van der Waals surface area contributed by atoms with Gasteiger partial charge in [-0.3, -0.25) is 20.2 Å². The highest BCUT2D eigenvalue weighted by molar-refractivity contribution is 6.33. The number of carbonyl (C=O) groups is 1. The van der Waals surface area contributed by atoms with Crippen molar-refractivity contribution in [2.45, 2.75) is 0 Å². The lowest BCUT2D eigenvalue weighted by Gasteiger charge is -2.10. The number of nitrogens with zero attached hydrogens (tertiary/aromatic N) is 2. The van der Waals surface area contributed by atoms with Gasteiger partial charge in [-0.1, -0.05) is 17.7 Å². The lowest BCUT2D eigenvalue weighted by molar-refractivity contribution is -0.400. The van der Waals surface area contributed by atoms with Crippen molar-refractivity contribution < 1.29 is 24.1 Å². The largest absolute Gasteiger partial charge is 0.493 e. The number of benzene rings is 2. The lowest BCUT2D eigenvalue weighted by Crippen LogP contribution is -2.10. The predicted molar refractivity (Wildman–Crippen MR) is 92.1 cm³/mol. The first-order chi connectivity index (χ1) is 12.3. The second kappa shape index (κ2) is 8.08. The fourth-order valence-corrected chi connectivity index (χ4v) is 2.15. The predicted octanol–water partition coefficient (Wildman–Crippen LogP) is 3.72. The first-order valence-electron chi connectivity index (χ1n) is 6.97. The third kappa shape index (κ3) is 4.54. The van der Waals surface area contributed by atoms with Gasteiger partial charge >= 0.3 is 5.97 Å². The molecule has 0 spiro atoms. The summed E-state index contributed by atoms with van der Waals surface area (Å²) in [4.78, 5) is 32.2. The minimum Gasteiger partial charge on any atom is -0.493 e. The summed E-state index contributed by atoms with van der Waals surface area (Å²) < 4.78 is 10.3. The van der Waals surface area contributed by atoms with Crippen molar-refractivity contribution in [2.75, 3.05) is 7.11 Å². The van der Waals surface area contributed by atoms with Crippen molar-refractivity contribution in [1.82, 2.24) is 0 Å². The van der Waals surface area contributed by atoms with Crippen LogP contribution in [0.25, 0.3) is 6.08 Å². The normalized spacial score (nSPS) is 10.5. The van der Waals surface area contributed by atoms with E-state index in [9.17, 15) is 25.0 Å². The summed E-state index contributed by atoms with van der Waals surface area (Å²) >= 11 is 5.90. The SMILES string of the molecule is COc1cc(C=C[N+](=O)[O-])ccc1OC(=O)c1cc([N+](=O)[O-])ccc1Cl. The summed E-state index contributed by atoms with van der Waals surface area (Å²) in [6, 6.07) is 7.67. The van der Waals surface area contributed by atoms with Gasteiger partial charge in [-0.25, -0.2) is 4.79 Å². The summed E-state index contributed by atoms with van der Waals surface area (Å²) in [7, 11) is 1.33. The van der Waals surface area contributed by atoms with Crippen LogP contribution in [0.2, 0.25) is 5.02 Å². The monoisotopic (exact) mass is 378 g/mol. The van der Waals surface area contributed by atoms with Gasteiger partial charge in [0, 0.05) is 18.2 Å². The molecular formula is C16H11ClN2O7. The zero-order chi connectivity index (χ0) is 19.3. The zero-order valence-corrected chi connectivity index (χ0v) is 14.0. The molecule has 0 aromatic heterocycles. The Morgan fingerprint density at radius 1 is 1.12 bits per heavy atom. The van der Waals surface area contributed by atoms with Gasteiger partial charge in [-0.2, -0.15) is 0 Å². The van der Waals surface area contributed by atoms with Crippen LogP contribution >= 0.6 is 11.6 Å². The third-order valence-corrected chi connectivity index (χ3v) is 3.49. The third-order valence-electron chi connectivity index (χ3n) is 3.16. The highest BCUT2D eigenvalue weighted by atomic mass is 35.5. The molecule has 0 amide bonds. The molecule has 2 aromatic rings. The molecular weight excluding hydrogens is 368 g/mol. The minimum absolute atomic E-state index is 0.00916. The number of carbonyl (C=O) groups excluding carboxylic acids is 1. The van der Waals surface area contributed by atoms with Crippen LogP contribution in [0.3, 0.4) is 0 Å². The van der Waals surface area contributed by atoms with E-state index in [1.54, 1.807) is 0 Å². The molecule has 2 rings (SSSR count). The van der Waals surface area contributed by atoms with Crippen molar-refractivity contribution in [1.29, 1.82) is 0 Å². The molecule has 9 nitrogen and oxygen atoms in total. The van der Waals surface area contributed by atoms with E-state index in [0.717, 1.165) is 18.3 Å². The molecule has 0 aliphatic heterocycles. The Kier molecular flexibility index (Phi) is 5.86. The maximum absolute atomic E-state index is 12.3. The molecule has 10 heteroatoms. The first-order valence-corrected chi connectivity index (χ1v) is 7.35. The number of halogens is 1. The summed E-state index contributed by atoms with van der Waals surface area (Å²) in [6.07, 6.45) is 1.99. The molecule has 0 aliphatic rings. The first kappa shape index (κ1) is 18.9. The summed E-state index contributed by atoms with van der Waals surface area (Å²) in [6.45, 7) is 0. The topological polar surface area (TPSA) is 122 Å². The minimum atomic E-state index is -0.911. The molecule has 0 N–H and O–H groups in total. The molecule has 0 atom stereocenters. The Hall–Kier alpha value is -3.46. The van der Waals surface area contributed by atoms with Crippen LogP contribution in [0.15, 0.2) is 42.6 Å². The molecule has 0 radical (unpaired) electrons. The summed E-state index contributed by atoms with van der Waals surface area (Å²) in [5.74, 6) is -0.741. The Bertz CT molecular complexity index is 911. The van der Waals surface area contributed by atoms with E-state index in [-0.39, 0.29) is 27.8 Å². The standard InChI is InChI=1S/C16H11ClN2O7/c1-25-15-8-10(6-7-18(21)22)2-5-14(15)26-16(20)12-9-11(19(23)24)3-4-13(12)17/h2-9H,1H3. The smallest absolute Gasteiger partial charge is 0.345 e. The van der Waals surface area contributed by atoms with Gasteiger partial charge in [0.05, 0.1) is 27.5 Å². The molecule has 0 bridgehead atoms. The number of nitro groups is 2. The van der Waals surface area contributed by atoms with Crippen LogP contribution in [0.5, 0.6) is 11.5 Å². The Balaban J connectivity index is 2.30. The lowest BCUT2D eigenvalue weighted by atomic mass is 10.2. The number of ether oxygens (including phenoxy) is 2. The van der Waals surface area contributed by atoms with Gasteiger partial charge in [0.1, 0.15) is 0 Å². The average Bonchev–Trinajstić information content (AvgIpc) is 2.60. The van der Waals surface area contributed by atoms with Crippen molar-refractivity contribution in [3.8, 4) is 11.5 Å². The maximum atomic E-state index is 12.3. The molecule has 0 unspecified atom stereocenters. The van der Waals surface area contributed by atoms with Crippen molar-refractivity contribution >= 4 is 29.3 Å². The van der Waals surface area contributed by atoms with Crippen LogP contribution in [0, 0.1) is 20.2 Å². The van der Waals surface area contributed by atoms with E-state index in [2.05, 4.69) is 0 Å². The van der Waals surface area contributed by atoms with Crippen LogP contribution in [-0.2, 0) is 0 Å². The van der Waals surface area contributed by atoms with Crippen LogP contribution in [0.1, 0.15) is 15.9 Å². The summed E-state index contributed by atoms with van der Waals surface area (Å²) in [5, 5.41) is 21.2. The zero-order valence-electron chi connectivity index (χ0n) is 13.2. The van der Waals surface area contributed by atoms with E-state index in [4.69, 9.17) is 21.1 Å². The highest BCUT2D eigenvalue weighted by Crippen LogP contribution is 2.30. The van der Waals surface area contributed by atoms with Gasteiger partial charge < -0.3 is 9.47 Å². The van der Waals surface area contributed by atoms with E-state index in [0.29, 0.717) is 5.56 Å². The molecule has 134 valence electrons. The molecule has 0 saturated carbocycles. The average molecular weight is 379 g/mol. The van der Waals surface area contributed by atoms with Crippen molar-refractivity contribution in [3.05, 3.63) is 79.0 Å². The Labute approximate surface area is 151 Å². The van der Waals surface area contributed by atoms with E-state index < -0.39 is 15.8 Å². The number of hydrogen-bond acceptors (Lipinski definition) is 7. The van der Waals surface area contributed by atoms with Gasteiger partial charge in [0.25, 0.3) is 5.69 Å². The fraction of sp³-hybridized carbons (Fsp3) is 0.0625. The quantitative estimate of drug-likeness (QED) is 0.325. The molecule has 0 heterocycles. The maximum Gasteiger partial charge on any atom is 0.345 e. The number of rotatable bonds is 6. The second-order valence-electron chi connectivity index (χ2n) is 4.82. The fourth-order valence-electron chi connectivity index (χ4n) is 1.96.